The van der Waals surface area contributed by atoms with Crippen LogP contribution in [0.3, 0.4) is 0 Å². The number of aliphatic carboxylic acids is 1. The highest BCUT2D eigenvalue weighted by molar-refractivity contribution is 6.25. The van der Waals surface area contributed by atoms with E-state index in [2.05, 4.69) is 10.6 Å². The Bertz CT molecular complexity index is 747. The Balaban J connectivity index is 1.92. The fraction of sp³-hybridized carbons (Fsp3) is 0.333. The van der Waals surface area contributed by atoms with Gasteiger partial charge in [0.1, 0.15) is 18.8 Å². The molecule has 0 radical (unpaired) electrons. The first-order valence-corrected chi connectivity index (χ1v) is 7.35. The van der Waals surface area contributed by atoms with E-state index in [4.69, 9.17) is 5.11 Å². The maximum atomic E-state index is 12.7. The second kappa shape index (κ2) is 5.93. The van der Waals surface area contributed by atoms with Crippen LogP contribution in [0, 0.1) is 0 Å². The number of nitrogens with zero attached hydrogens (tertiary/aromatic N) is 1. The van der Waals surface area contributed by atoms with E-state index in [9.17, 15) is 24.3 Å². The molecule has 3 rings (SSSR count). The molecule has 2 atom stereocenters. The monoisotopic (exact) mass is 333 g/mol. The molecule has 1 aromatic rings. The molecular weight excluding hydrogens is 318 g/mol. The van der Waals surface area contributed by atoms with Gasteiger partial charge < -0.3 is 20.8 Å². The van der Waals surface area contributed by atoms with Gasteiger partial charge in [0.2, 0.25) is 5.91 Å². The average molecular weight is 333 g/mol. The Morgan fingerprint density at radius 2 is 2.00 bits per heavy atom. The molecule has 9 nitrogen and oxygen atoms in total. The van der Waals surface area contributed by atoms with E-state index < -0.39 is 42.5 Å². The molecule has 0 spiro atoms. The molecule has 1 saturated heterocycles. The van der Waals surface area contributed by atoms with Gasteiger partial charge in [0.25, 0.3) is 11.8 Å². The molecule has 2 aliphatic rings. The molecule has 126 valence electrons. The van der Waals surface area contributed by atoms with E-state index in [-0.39, 0.29) is 29.7 Å². The van der Waals surface area contributed by atoms with Crippen molar-refractivity contribution in [2.75, 3.05) is 11.9 Å². The maximum absolute atomic E-state index is 12.7. The number of rotatable bonds is 4. The SMILES string of the molecule is O=C(O)CNc1cccc2c1C(=O)N(C1CCC(O)NC1=O)C2=O. The van der Waals surface area contributed by atoms with E-state index >= 15 is 0 Å². The summed E-state index contributed by atoms with van der Waals surface area (Å²) in [5, 5.41) is 23.1. The fourth-order valence-electron chi connectivity index (χ4n) is 2.93. The number of hydrogen-bond donors (Lipinski definition) is 4. The summed E-state index contributed by atoms with van der Waals surface area (Å²) >= 11 is 0. The molecule has 1 aromatic carbocycles. The van der Waals surface area contributed by atoms with Crippen molar-refractivity contribution in [1.29, 1.82) is 0 Å². The molecule has 2 unspecified atom stereocenters. The third-order valence-electron chi connectivity index (χ3n) is 4.01. The normalized spacial score (nSPS) is 23.0. The van der Waals surface area contributed by atoms with Crippen molar-refractivity contribution in [1.82, 2.24) is 10.2 Å². The predicted molar refractivity (Wildman–Crippen MR) is 80.2 cm³/mol. The number of aliphatic hydroxyl groups excluding tert-OH is 1. The van der Waals surface area contributed by atoms with Crippen molar-refractivity contribution in [3.05, 3.63) is 29.3 Å². The van der Waals surface area contributed by atoms with E-state index in [0.717, 1.165) is 4.90 Å². The van der Waals surface area contributed by atoms with Crippen LogP contribution in [0.1, 0.15) is 33.6 Å². The molecule has 0 aromatic heterocycles. The van der Waals surface area contributed by atoms with Gasteiger partial charge in [-0.3, -0.25) is 24.1 Å². The molecule has 2 aliphatic heterocycles. The molecule has 4 N–H and O–H groups in total. The highest BCUT2D eigenvalue weighted by atomic mass is 16.4. The lowest BCUT2D eigenvalue weighted by Crippen LogP contribution is -2.55. The van der Waals surface area contributed by atoms with Crippen LogP contribution in [-0.4, -0.2) is 57.6 Å². The number of fused-ring (bicyclic) bond motifs is 1. The molecule has 24 heavy (non-hydrogen) atoms. The average Bonchev–Trinajstić information content (AvgIpc) is 2.78. The number of hydrogen-bond acceptors (Lipinski definition) is 6. The third-order valence-corrected chi connectivity index (χ3v) is 4.01. The van der Waals surface area contributed by atoms with Crippen molar-refractivity contribution in [3.8, 4) is 0 Å². The van der Waals surface area contributed by atoms with Gasteiger partial charge in [-0.1, -0.05) is 6.07 Å². The molecule has 2 heterocycles. The van der Waals surface area contributed by atoms with Gasteiger partial charge in [-0.2, -0.15) is 0 Å². The number of imide groups is 1. The Labute approximate surface area is 136 Å². The first-order valence-electron chi connectivity index (χ1n) is 7.35. The van der Waals surface area contributed by atoms with Gasteiger partial charge in [0.15, 0.2) is 0 Å². The summed E-state index contributed by atoms with van der Waals surface area (Å²) in [4.78, 5) is 48.8. The number of piperidine rings is 1. The summed E-state index contributed by atoms with van der Waals surface area (Å²) in [6, 6.07) is 3.49. The lowest BCUT2D eigenvalue weighted by Gasteiger charge is -2.31. The maximum Gasteiger partial charge on any atom is 0.322 e. The second-order valence-corrected chi connectivity index (χ2v) is 5.57. The number of anilines is 1. The number of carbonyl (C=O) groups is 4. The smallest absolute Gasteiger partial charge is 0.322 e. The number of carbonyl (C=O) groups excluding carboxylic acids is 3. The minimum Gasteiger partial charge on any atom is -0.480 e. The molecule has 0 bridgehead atoms. The van der Waals surface area contributed by atoms with E-state index in [0.29, 0.717) is 0 Å². The Morgan fingerprint density at radius 1 is 1.25 bits per heavy atom. The lowest BCUT2D eigenvalue weighted by atomic mass is 10.0. The Kier molecular flexibility index (Phi) is 3.94. The van der Waals surface area contributed by atoms with Crippen LogP contribution in [0.15, 0.2) is 18.2 Å². The third kappa shape index (κ3) is 2.58. The van der Waals surface area contributed by atoms with Gasteiger partial charge in [-0.15, -0.1) is 0 Å². The molecule has 1 fully saturated rings. The van der Waals surface area contributed by atoms with E-state index in [1.54, 1.807) is 0 Å². The van der Waals surface area contributed by atoms with Crippen LogP contribution in [-0.2, 0) is 9.59 Å². The predicted octanol–water partition coefficient (Wildman–Crippen LogP) is -0.624. The van der Waals surface area contributed by atoms with Crippen molar-refractivity contribution in [2.45, 2.75) is 25.1 Å². The number of carboxylic acids is 1. The van der Waals surface area contributed by atoms with Gasteiger partial charge in [-0.25, -0.2) is 0 Å². The molecule has 9 heteroatoms. The van der Waals surface area contributed by atoms with Crippen LogP contribution >= 0.6 is 0 Å². The molecule has 3 amide bonds. The first-order chi connectivity index (χ1) is 11.4. The zero-order valence-corrected chi connectivity index (χ0v) is 12.5. The summed E-state index contributed by atoms with van der Waals surface area (Å²) in [5.74, 6) is -2.96. The highest BCUT2D eigenvalue weighted by Crippen LogP contribution is 2.32. The van der Waals surface area contributed by atoms with Crippen LogP contribution in [0.5, 0.6) is 0 Å². The Morgan fingerprint density at radius 3 is 2.67 bits per heavy atom. The number of benzene rings is 1. The summed E-state index contributed by atoms with van der Waals surface area (Å²) in [6.45, 7) is -0.409. The standard InChI is InChI=1S/C15H15N3O6/c19-10-5-4-9(13(22)17-10)18-14(23)7-2-1-3-8(12(7)15(18)24)16-6-11(20)21/h1-3,9-10,16,19H,4-6H2,(H,17,22)(H,20,21). The summed E-state index contributed by atoms with van der Waals surface area (Å²) in [6.07, 6.45) is -0.596. The van der Waals surface area contributed by atoms with Gasteiger partial charge in [0.05, 0.1) is 11.1 Å². The quantitative estimate of drug-likeness (QED) is 0.539. The van der Waals surface area contributed by atoms with Crippen molar-refractivity contribution in [3.63, 3.8) is 0 Å². The zero-order chi connectivity index (χ0) is 17.4. The van der Waals surface area contributed by atoms with E-state index in [1.165, 1.54) is 18.2 Å². The zero-order valence-electron chi connectivity index (χ0n) is 12.5. The number of nitrogens with one attached hydrogen (secondary N) is 2. The molecular formula is C15H15N3O6. The van der Waals surface area contributed by atoms with Crippen LogP contribution in [0.4, 0.5) is 5.69 Å². The van der Waals surface area contributed by atoms with Gasteiger partial charge in [0, 0.05) is 5.69 Å². The van der Waals surface area contributed by atoms with Crippen LogP contribution in [0.2, 0.25) is 0 Å². The van der Waals surface area contributed by atoms with Crippen molar-refractivity contribution in [2.24, 2.45) is 0 Å². The number of amides is 3. The van der Waals surface area contributed by atoms with Gasteiger partial charge >= 0.3 is 5.97 Å². The summed E-state index contributed by atoms with van der Waals surface area (Å²) in [7, 11) is 0. The second-order valence-electron chi connectivity index (χ2n) is 5.57. The van der Waals surface area contributed by atoms with Gasteiger partial charge in [-0.05, 0) is 25.0 Å². The van der Waals surface area contributed by atoms with Crippen molar-refractivity contribution < 1.29 is 29.4 Å². The minimum absolute atomic E-state index is 0.0580. The lowest BCUT2D eigenvalue weighted by molar-refractivity contribution is -0.135. The van der Waals surface area contributed by atoms with E-state index in [1.807, 2.05) is 0 Å². The Hall–Kier alpha value is -2.94. The largest absolute Gasteiger partial charge is 0.480 e. The number of aliphatic hydroxyl groups is 1. The molecule has 0 aliphatic carbocycles. The topological polar surface area (TPSA) is 136 Å². The first kappa shape index (κ1) is 15.9. The van der Waals surface area contributed by atoms with Crippen LogP contribution in [0.25, 0.3) is 0 Å². The summed E-state index contributed by atoms with van der Waals surface area (Å²) in [5.41, 5.74) is 0.406. The fourth-order valence-corrected chi connectivity index (χ4v) is 2.93. The highest BCUT2D eigenvalue weighted by Gasteiger charge is 2.45. The minimum atomic E-state index is -1.11. The van der Waals surface area contributed by atoms with Crippen molar-refractivity contribution >= 4 is 29.4 Å². The molecule has 0 saturated carbocycles. The number of carboxylic acid groups (broad SMARTS) is 1. The summed E-state index contributed by atoms with van der Waals surface area (Å²) < 4.78 is 0. The van der Waals surface area contributed by atoms with Crippen LogP contribution < -0.4 is 10.6 Å².